The van der Waals surface area contributed by atoms with Gasteiger partial charge in [-0.2, -0.15) is 0 Å². The lowest BCUT2D eigenvalue weighted by Crippen LogP contribution is -2.54. The smallest absolute Gasteiger partial charge is 0.0730 e. The number of ether oxygens (including phenoxy) is 1. The summed E-state index contributed by atoms with van der Waals surface area (Å²) < 4.78 is 6.00. The highest BCUT2D eigenvalue weighted by atomic mass is 16.5. The maximum Gasteiger partial charge on any atom is 0.0730 e. The standard InChI is InChI=1S/C18H26N2O/c1-2-6-16-15(5-1)11-14(12-19-16)13-20-9-10-21-18-8-4-3-7-17(18)20/h1-2,5-6,14,17-19H,3-4,7-13H2. The molecule has 1 aliphatic carbocycles. The second-order valence-electron chi connectivity index (χ2n) is 6.86. The average molecular weight is 286 g/mol. The highest BCUT2D eigenvalue weighted by molar-refractivity contribution is 5.53. The topological polar surface area (TPSA) is 24.5 Å². The summed E-state index contributed by atoms with van der Waals surface area (Å²) in [5, 5.41) is 3.62. The van der Waals surface area contributed by atoms with Crippen molar-refractivity contribution in [3.63, 3.8) is 0 Å². The molecule has 3 nitrogen and oxygen atoms in total. The van der Waals surface area contributed by atoms with Gasteiger partial charge in [0.05, 0.1) is 12.7 Å². The van der Waals surface area contributed by atoms with Crippen LogP contribution in [0.4, 0.5) is 5.69 Å². The summed E-state index contributed by atoms with van der Waals surface area (Å²) in [6, 6.07) is 9.45. The fraction of sp³-hybridized carbons (Fsp3) is 0.667. The largest absolute Gasteiger partial charge is 0.384 e. The summed E-state index contributed by atoms with van der Waals surface area (Å²) in [6.45, 7) is 4.40. The van der Waals surface area contributed by atoms with E-state index in [9.17, 15) is 0 Å². The van der Waals surface area contributed by atoms with Crippen LogP contribution in [0.3, 0.4) is 0 Å². The lowest BCUT2D eigenvalue weighted by molar-refractivity contribution is -0.0916. The van der Waals surface area contributed by atoms with Crippen molar-refractivity contribution >= 4 is 5.69 Å². The van der Waals surface area contributed by atoms with Gasteiger partial charge in [-0.25, -0.2) is 0 Å². The van der Waals surface area contributed by atoms with Crippen LogP contribution in [-0.2, 0) is 11.2 Å². The Bertz CT molecular complexity index is 488. The summed E-state index contributed by atoms with van der Waals surface area (Å²) >= 11 is 0. The molecule has 3 unspecified atom stereocenters. The fourth-order valence-electron chi connectivity index (χ4n) is 4.37. The van der Waals surface area contributed by atoms with Crippen LogP contribution in [0.15, 0.2) is 24.3 Å². The van der Waals surface area contributed by atoms with Gasteiger partial charge < -0.3 is 10.1 Å². The maximum atomic E-state index is 6.00. The number of benzene rings is 1. The summed E-state index contributed by atoms with van der Waals surface area (Å²) in [5.41, 5.74) is 2.83. The summed E-state index contributed by atoms with van der Waals surface area (Å²) in [5.74, 6) is 0.737. The van der Waals surface area contributed by atoms with Crippen LogP contribution in [0.1, 0.15) is 31.2 Å². The number of morpholine rings is 1. The third kappa shape index (κ3) is 2.82. The molecule has 1 aromatic rings. The molecule has 0 aromatic heterocycles. The van der Waals surface area contributed by atoms with Crippen molar-refractivity contribution in [3.05, 3.63) is 29.8 Å². The van der Waals surface area contributed by atoms with E-state index in [2.05, 4.69) is 34.5 Å². The minimum absolute atomic E-state index is 0.510. The van der Waals surface area contributed by atoms with Gasteiger partial charge >= 0.3 is 0 Å². The monoisotopic (exact) mass is 286 g/mol. The molecule has 114 valence electrons. The number of para-hydroxylation sites is 1. The Kier molecular flexibility index (Phi) is 3.87. The Hall–Kier alpha value is -1.06. The molecule has 0 spiro atoms. The normalized spacial score (nSPS) is 32.9. The lowest BCUT2D eigenvalue weighted by atomic mass is 9.88. The van der Waals surface area contributed by atoms with Gasteiger partial charge in [0.15, 0.2) is 0 Å². The van der Waals surface area contributed by atoms with Crippen LogP contribution in [-0.4, -0.2) is 43.3 Å². The molecular formula is C18H26N2O. The number of rotatable bonds is 2. The van der Waals surface area contributed by atoms with Gasteiger partial charge in [0, 0.05) is 31.4 Å². The van der Waals surface area contributed by atoms with Crippen molar-refractivity contribution < 1.29 is 4.74 Å². The molecule has 2 heterocycles. The predicted octanol–water partition coefficient (Wildman–Crippen LogP) is 2.91. The van der Waals surface area contributed by atoms with Gasteiger partial charge in [-0.05, 0) is 36.8 Å². The number of fused-ring (bicyclic) bond motifs is 2. The molecule has 21 heavy (non-hydrogen) atoms. The second kappa shape index (κ2) is 5.98. The molecular weight excluding hydrogens is 260 g/mol. The van der Waals surface area contributed by atoms with Crippen molar-refractivity contribution in [2.45, 2.75) is 44.2 Å². The van der Waals surface area contributed by atoms with Crippen LogP contribution >= 0.6 is 0 Å². The molecule has 1 N–H and O–H groups in total. The number of hydrogen-bond acceptors (Lipinski definition) is 3. The van der Waals surface area contributed by atoms with E-state index in [4.69, 9.17) is 4.74 Å². The number of hydrogen-bond donors (Lipinski definition) is 1. The first-order chi connectivity index (χ1) is 10.4. The van der Waals surface area contributed by atoms with Gasteiger partial charge in [-0.15, -0.1) is 0 Å². The average Bonchev–Trinajstić information content (AvgIpc) is 2.55. The van der Waals surface area contributed by atoms with Gasteiger partial charge in [0.25, 0.3) is 0 Å². The summed E-state index contributed by atoms with van der Waals surface area (Å²) in [7, 11) is 0. The first-order valence-corrected chi connectivity index (χ1v) is 8.57. The molecule has 1 saturated carbocycles. The zero-order valence-corrected chi connectivity index (χ0v) is 12.8. The molecule has 1 saturated heterocycles. The SMILES string of the molecule is c1ccc2c(c1)CC(CN1CCOC3CCCCC31)CN2. The molecule has 0 bridgehead atoms. The predicted molar refractivity (Wildman–Crippen MR) is 85.7 cm³/mol. The van der Waals surface area contributed by atoms with Crippen LogP contribution in [0.5, 0.6) is 0 Å². The first-order valence-electron chi connectivity index (χ1n) is 8.57. The number of anilines is 1. The van der Waals surface area contributed by atoms with Gasteiger partial charge in [0.2, 0.25) is 0 Å². The van der Waals surface area contributed by atoms with E-state index in [1.165, 1.54) is 49.9 Å². The summed E-state index contributed by atoms with van der Waals surface area (Å²) in [4.78, 5) is 2.73. The Morgan fingerprint density at radius 1 is 1.19 bits per heavy atom. The minimum Gasteiger partial charge on any atom is -0.384 e. The third-order valence-corrected chi connectivity index (χ3v) is 5.45. The van der Waals surface area contributed by atoms with Crippen LogP contribution in [0.25, 0.3) is 0 Å². The van der Waals surface area contributed by atoms with E-state index in [1.807, 2.05) is 0 Å². The molecule has 2 fully saturated rings. The van der Waals surface area contributed by atoms with Crippen molar-refractivity contribution in [2.75, 3.05) is 31.6 Å². The molecule has 0 amide bonds. The summed E-state index contributed by atoms with van der Waals surface area (Å²) in [6.07, 6.45) is 7.07. The third-order valence-electron chi connectivity index (χ3n) is 5.45. The second-order valence-corrected chi connectivity index (χ2v) is 6.86. The maximum absolute atomic E-state index is 6.00. The fourth-order valence-corrected chi connectivity index (χ4v) is 4.37. The van der Waals surface area contributed by atoms with Crippen LogP contribution in [0, 0.1) is 5.92 Å². The Morgan fingerprint density at radius 3 is 3.10 bits per heavy atom. The van der Waals surface area contributed by atoms with E-state index in [-0.39, 0.29) is 0 Å². The van der Waals surface area contributed by atoms with Crippen LogP contribution in [0.2, 0.25) is 0 Å². The number of nitrogens with one attached hydrogen (secondary N) is 1. The van der Waals surface area contributed by atoms with Gasteiger partial charge in [-0.1, -0.05) is 31.0 Å². The minimum atomic E-state index is 0.510. The van der Waals surface area contributed by atoms with E-state index in [0.29, 0.717) is 12.1 Å². The molecule has 3 aliphatic rings. The highest BCUT2D eigenvalue weighted by Crippen LogP contribution is 2.31. The van der Waals surface area contributed by atoms with Crippen molar-refractivity contribution in [1.82, 2.24) is 4.90 Å². The molecule has 1 aromatic carbocycles. The molecule has 4 rings (SSSR count). The Labute approximate surface area is 127 Å². The quantitative estimate of drug-likeness (QED) is 0.904. The Balaban J connectivity index is 1.42. The first kappa shape index (κ1) is 13.6. The van der Waals surface area contributed by atoms with E-state index >= 15 is 0 Å². The molecule has 0 radical (unpaired) electrons. The van der Waals surface area contributed by atoms with Crippen LogP contribution < -0.4 is 5.32 Å². The van der Waals surface area contributed by atoms with Crippen molar-refractivity contribution in [1.29, 1.82) is 0 Å². The van der Waals surface area contributed by atoms with Crippen molar-refractivity contribution in [2.24, 2.45) is 5.92 Å². The number of nitrogens with zero attached hydrogens (tertiary/aromatic N) is 1. The van der Waals surface area contributed by atoms with E-state index < -0.39 is 0 Å². The molecule has 3 heteroatoms. The Morgan fingerprint density at radius 2 is 2.10 bits per heavy atom. The zero-order valence-electron chi connectivity index (χ0n) is 12.8. The van der Waals surface area contributed by atoms with Gasteiger partial charge in [0.1, 0.15) is 0 Å². The molecule has 2 aliphatic heterocycles. The lowest BCUT2D eigenvalue weighted by Gasteiger charge is -2.45. The molecule has 3 atom stereocenters. The van der Waals surface area contributed by atoms with E-state index in [1.54, 1.807) is 0 Å². The van der Waals surface area contributed by atoms with Crippen molar-refractivity contribution in [3.8, 4) is 0 Å². The van der Waals surface area contributed by atoms with E-state index in [0.717, 1.165) is 25.6 Å². The van der Waals surface area contributed by atoms with Gasteiger partial charge in [-0.3, -0.25) is 4.90 Å². The highest BCUT2D eigenvalue weighted by Gasteiger charge is 2.35. The zero-order chi connectivity index (χ0) is 14.1.